The maximum Gasteiger partial charge on any atom is 0.260 e. The fourth-order valence-electron chi connectivity index (χ4n) is 2.59. The van der Waals surface area contributed by atoms with Crippen LogP contribution in [0.15, 0.2) is 18.2 Å². The van der Waals surface area contributed by atoms with E-state index in [2.05, 4.69) is 25.2 Å². The van der Waals surface area contributed by atoms with E-state index in [9.17, 15) is 4.79 Å². The summed E-state index contributed by atoms with van der Waals surface area (Å²) in [4.78, 5) is 11.9. The van der Waals surface area contributed by atoms with Crippen molar-refractivity contribution in [3.05, 3.63) is 29.3 Å². The zero-order chi connectivity index (χ0) is 15.4. The fraction of sp³-hybridized carbons (Fsp3) is 0.588. The van der Waals surface area contributed by atoms with Crippen molar-refractivity contribution >= 4 is 5.91 Å². The number of amides is 1. The van der Waals surface area contributed by atoms with Crippen LogP contribution < -0.4 is 15.8 Å². The SMILES string of the molecule is CC(C)CNC(=O)C(C)Oc1ccc2c(c1)[C@@H](N)CCC2. The summed E-state index contributed by atoms with van der Waals surface area (Å²) in [5.41, 5.74) is 8.62. The van der Waals surface area contributed by atoms with E-state index in [1.807, 2.05) is 12.1 Å². The monoisotopic (exact) mass is 290 g/mol. The number of nitrogens with two attached hydrogens (primary N) is 1. The van der Waals surface area contributed by atoms with Crippen LogP contribution in [0.2, 0.25) is 0 Å². The second-order valence-electron chi connectivity index (χ2n) is 6.26. The third kappa shape index (κ3) is 4.21. The summed E-state index contributed by atoms with van der Waals surface area (Å²) in [6.45, 7) is 6.57. The average molecular weight is 290 g/mol. The van der Waals surface area contributed by atoms with Gasteiger partial charge in [-0.3, -0.25) is 4.79 Å². The lowest BCUT2D eigenvalue weighted by molar-refractivity contribution is -0.127. The van der Waals surface area contributed by atoms with Crippen molar-refractivity contribution in [2.75, 3.05) is 6.54 Å². The van der Waals surface area contributed by atoms with Crippen molar-refractivity contribution in [2.45, 2.75) is 52.2 Å². The summed E-state index contributed by atoms with van der Waals surface area (Å²) >= 11 is 0. The van der Waals surface area contributed by atoms with E-state index in [-0.39, 0.29) is 11.9 Å². The van der Waals surface area contributed by atoms with E-state index >= 15 is 0 Å². The van der Waals surface area contributed by atoms with Crippen LogP contribution in [0, 0.1) is 5.92 Å². The smallest absolute Gasteiger partial charge is 0.260 e. The molecule has 0 saturated carbocycles. The second-order valence-corrected chi connectivity index (χ2v) is 6.26. The van der Waals surface area contributed by atoms with Crippen LogP contribution in [0.3, 0.4) is 0 Å². The Bertz CT molecular complexity index is 500. The van der Waals surface area contributed by atoms with Crippen LogP contribution in [-0.4, -0.2) is 18.6 Å². The summed E-state index contributed by atoms with van der Waals surface area (Å²) in [6, 6.07) is 6.08. The van der Waals surface area contributed by atoms with Gasteiger partial charge in [0.05, 0.1) is 0 Å². The Balaban J connectivity index is 1.99. The highest BCUT2D eigenvalue weighted by Crippen LogP contribution is 2.31. The quantitative estimate of drug-likeness (QED) is 0.876. The minimum absolute atomic E-state index is 0.0780. The van der Waals surface area contributed by atoms with Gasteiger partial charge >= 0.3 is 0 Å². The van der Waals surface area contributed by atoms with Crippen LogP contribution in [0.1, 0.15) is 50.8 Å². The van der Waals surface area contributed by atoms with Crippen molar-refractivity contribution in [3.63, 3.8) is 0 Å². The Morgan fingerprint density at radius 3 is 2.90 bits per heavy atom. The van der Waals surface area contributed by atoms with E-state index in [1.165, 1.54) is 5.56 Å². The molecular formula is C17H26N2O2. The first-order valence-corrected chi connectivity index (χ1v) is 7.80. The third-order valence-electron chi connectivity index (χ3n) is 3.84. The molecule has 1 aliphatic carbocycles. The molecule has 1 aromatic carbocycles. The number of hydrogen-bond acceptors (Lipinski definition) is 3. The number of benzene rings is 1. The summed E-state index contributed by atoms with van der Waals surface area (Å²) in [6.07, 6.45) is 2.73. The first-order valence-electron chi connectivity index (χ1n) is 7.80. The molecule has 0 bridgehead atoms. The molecule has 1 unspecified atom stereocenters. The van der Waals surface area contributed by atoms with Gasteiger partial charge in [0, 0.05) is 12.6 Å². The largest absolute Gasteiger partial charge is 0.481 e. The van der Waals surface area contributed by atoms with Crippen LogP contribution in [0.5, 0.6) is 5.75 Å². The number of ether oxygens (including phenoxy) is 1. The molecule has 0 fully saturated rings. The molecule has 1 amide bonds. The van der Waals surface area contributed by atoms with Crippen molar-refractivity contribution in [1.29, 1.82) is 0 Å². The molecule has 21 heavy (non-hydrogen) atoms. The lowest BCUT2D eigenvalue weighted by Gasteiger charge is -2.23. The van der Waals surface area contributed by atoms with E-state index in [4.69, 9.17) is 10.5 Å². The molecule has 0 aromatic heterocycles. The number of hydrogen-bond donors (Lipinski definition) is 2. The van der Waals surface area contributed by atoms with Gasteiger partial charge in [-0.2, -0.15) is 0 Å². The first kappa shape index (κ1) is 15.8. The van der Waals surface area contributed by atoms with Gasteiger partial charge in [0.2, 0.25) is 0 Å². The molecule has 0 saturated heterocycles. The number of nitrogens with one attached hydrogen (secondary N) is 1. The van der Waals surface area contributed by atoms with E-state index in [0.29, 0.717) is 12.5 Å². The number of carbonyl (C=O) groups is 1. The molecule has 116 valence electrons. The van der Waals surface area contributed by atoms with E-state index in [0.717, 1.165) is 30.6 Å². The molecule has 0 radical (unpaired) electrons. The molecule has 0 spiro atoms. The molecule has 4 nitrogen and oxygen atoms in total. The maximum absolute atomic E-state index is 11.9. The Morgan fingerprint density at radius 1 is 1.43 bits per heavy atom. The second kappa shape index (κ2) is 6.94. The van der Waals surface area contributed by atoms with Crippen LogP contribution in [0.25, 0.3) is 0 Å². The van der Waals surface area contributed by atoms with Crippen LogP contribution in [-0.2, 0) is 11.2 Å². The van der Waals surface area contributed by atoms with Crippen LogP contribution >= 0.6 is 0 Å². The van der Waals surface area contributed by atoms with Gasteiger partial charge in [0.25, 0.3) is 5.91 Å². The zero-order valence-corrected chi connectivity index (χ0v) is 13.2. The number of rotatable bonds is 5. The molecule has 2 atom stereocenters. The van der Waals surface area contributed by atoms with Gasteiger partial charge in [-0.1, -0.05) is 19.9 Å². The highest BCUT2D eigenvalue weighted by Gasteiger charge is 2.19. The summed E-state index contributed by atoms with van der Waals surface area (Å²) in [7, 11) is 0. The summed E-state index contributed by atoms with van der Waals surface area (Å²) in [5, 5.41) is 2.88. The summed E-state index contributed by atoms with van der Waals surface area (Å²) < 4.78 is 5.76. The molecule has 3 N–H and O–H groups in total. The summed E-state index contributed by atoms with van der Waals surface area (Å²) in [5.74, 6) is 1.08. The average Bonchev–Trinajstić information content (AvgIpc) is 2.45. The minimum Gasteiger partial charge on any atom is -0.481 e. The molecular weight excluding hydrogens is 264 g/mol. The topological polar surface area (TPSA) is 64.3 Å². The van der Waals surface area contributed by atoms with Gasteiger partial charge in [-0.25, -0.2) is 0 Å². The van der Waals surface area contributed by atoms with Crippen LogP contribution in [0.4, 0.5) is 0 Å². The van der Waals surface area contributed by atoms with Gasteiger partial charge in [0.15, 0.2) is 6.10 Å². The minimum atomic E-state index is -0.499. The molecule has 1 aromatic rings. The first-order chi connectivity index (χ1) is 9.97. The van der Waals surface area contributed by atoms with E-state index < -0.39 is 6.10 Å². The standard InChI is InChI=1S/C17H26N2O2/c1-11(2)10-19-17(20)12(3)21-14-8-7-13-5-4-6-16(18)15(13)9-14/h7-9,11-12,16H,4-6,10,18H2,1-3H3,(H,19,20)/t12?,16-/m0/s1. The molecule has 1 aliphatic rings. The van der Waals surface area contributed by atoms with Crippen molar-refractivity contribution in [3.8, 4) is 5.75 Å². The zero-order valence-electron chi connectivity index (χ0n) is 13.2. The van der Waals surface area contributed by atoms with Gasteiger partial charge in [0.1, 0.15) is 5.75 Å². The Hall–Kier alpha value is -1.55. The Kier molecular flexibility index (Phi) is 5.23. The molecule has 0 heterocycles. The normalized spacial score (nSPS) is 19.0. The van der Waals surface area contributed by atoms with Gasteiger partial charge in [-0.05, 0) is 55.4 Å². The number of carbonyl (C=O) groups excluding carboxylic acids is 1. The predicted molar refractivity (Wildman–Crippen MR) is 84.2 cm³/mol. The molecule has 0 aliphatic heterocycles. The lowest BCUT2D eigenvalue weighted by Crippen LogP contribution is -2.38. The molecule has 4 heteroatoms. The maximum atomic E-state index is 11.9. The van der Waals surface area contributed by atoms with Gasteiger partial charge < -0.3 is 15.8 Å². The number of aryl methyl sites for hydroxylation is 1. The fourth-order valence-corrected chi connectivity index (χ4v) is 2.59. The number of fused-ring (bicyclic) bond motifs is 1. The third-order valence-corrected chi connectivity index (χ3v) is 3.84. The Labute approximate surface area is 127 Å². The highest BCUT2D eigenvalue weighted by atomic mass is 16.5. The van der Waals surface area contributed by atoms with Gasteiger partial charge in [-0.15, -0.1) is 0 Å². The lowest BCUT2D eigenvalue weighted by atomic mass is 9.88. The van der Waals surface area contributed by atoms with Crippen molar-refractivity contribution in [1.82, 2.24) is 5.32 Å². The molecule has 2 rings (SSSR count). The highest BCUT2D eigenvalue weighted by molar-refractivity contribution is 5.80. The Morgan fingerprint density at radius 2 is 2.19 bits per heavy atom. The van der Waals surface area contributed by atoms with Crippen molar-refractivity contribution in [2.24, 2.45) is 11.7 Å². The van der Waals surface area contributed by atoms with Crippen molar-refractivity contribution < 1.29 is 9.53 Å². The predicted octanol–water partition coefficient (Wildman–Crippen LogP) is 2.56. The van der Waals surface area contributed by atoms with E-state index in [1.54, 1.807) is 6.92 Å².